The van der Waals surface area contributed by atoms with Crippen molar-refractivity contribution >= 4 is 41.2 Å². The SMILES string of the molecule is CC(=O)OCc1ccc(NC(=O)C(CCCN)NC(=O)C(NC(=O)CCCCCN2C(=O)CC(C)C2=O)C(C)C)cc1. The van der Waals surface area contributed by atoms with Crippen molar-refractivity contribution in [3.05, 3.63) is 29.8 Å². The van der Waals surface area contributed by atoms with Crippen molar-refractivity contribution in [2.24, 2.45) is 17.6 Å². The van der Waals surface area contributed by atoms with E-state index in [0.29, 0.717) is 50.9 Å². The Morgan fingerprint density at radius 1 is 1.00 bits per heavy atom. The Morgan fingerprint density at radius 2 is 1.69 bits per heavy atom. The molecule has 0 aromatic heterocycles. The van der Waals surface area contributed by atoms with E-state index in [2.05, 4.69) is 16.0 Å². The Labute approximate surface area is 247 Å². The second-order valence-corrected chi connectivity index (χ2v) is 11.0. The molecule has 1 aromatic rings. The van der Waals surface area contributed by atoms with Crippen LogP contribution in [-0.4, -0.2) is 65.6 Å². The molecule has 0 radical (unpaired) electrons. The summed E-state index contributed by atoms with van der Waals surface area (Å²) in [5, 5.41) is 8.35. The monoisotopic (exact) mass is 587 g/mol. The van der Waals surface area contributed by atoms with Crippen molar-refractivity contribution < 1.29 is 33.5 Å². The third-order valence-corrected chi connectivity index (χ3v) is 7.01. The molecule has 1 saturated heterocycles. The molecule has 1 aliphatic heterocycles. The predicted octanol–water partition coefficient (Wildman–Crippen LogP) is 2.01. The number of ether oxygens (including phenoxy) is 1. The number of unbranched alkanes of at least 4 members (excludes halogenated alkanes) is 2. The number of likely N-dealkylation sites (tertiary alicyclic amines) is 1. The van der Waals surface area contributed by atoms with Gasteiger partial charge in [0.15, 0.2) is 0 Å². The van der Waals surface area contributed by atoms with Crippen molar-refractivity contribution in [1.29, 1.82) is 0 Å². The van der Waals surface area contributed by atoms with Crippen LogP contribution in [0.4, 0.5) is 5.69 Å². The fourth-order valence-corrected chi connectivity index (χ4v) is 4.55. The molecule has 1 heterocycles. The Kier molecular flexibility index (Phi) is 14.1. The summed E-state index contributed by atoms with van der Waals surface area (Å²) in [7, 11) is 0. The molecule has 42 heavy (non-hydrogen) atoms. The maximum Gasteiger partial charge on any atom is 0.302 e. The average Bonchev–Trinajstić information content (AvgIpc) is 3.18. The van der Waals surface area contributed by atoms with Crippen molar-refractivity contribution in [3.8, 4) is 0 Å². The van der Waals surface area contributed by atoms with Crippen molar-refractivity contribution in [2.45, 2.75) is 91.3 Å². The molecule has 2 rings (SSSR count). The molecule has 12 nitrogen and oxygen atoms in total. The quantitative estimate of drug-likeness (QED) is 0.121. The highest BCUT2D eigenvalue weighted by molar-refractivity contribution is 6.03. The molecule has 0 aliphatic carbocycles. The van der Waals surface area contributed by atoms with Gasteiger partial charge in [-0.05, 0) is 55.8 Å². The maximum atomic E-state index is 13.2. The topological polar surface area (TPSA) is 177 Å². The number of imide groups is 1. The first-order chi connectivity index (χ1) is 19.9. The van der Waals surface area contributed by atoms with Crippen LogP contribution in [0.15, 0.2) is 24.3 Å². The van der Waals surface area contributed by atoms with Crippen LogP contribution < -0.4 is 21.7 Å². The van der Waals surface area contributed by atoms with Gasteiger partial charge in [0.1, 0.15) is 18.7 Å². The lowest BCUT2D eigenvalue weighted by molar-refractivity contribution is -0.142. The summed E-state index contributed by atoms with van der Waals surface area (Å²) >= 11 is 0. The molecule has 5 amide bonds. The van der Waals surface area contributed by atoms with Gasteiger partial charge in [-0.2, -0.15) is 0 Å². The average molecular weight is 588 g/mol. The summed E-state index contributed by atoms with van der Waals surface area (Å²) < 4.78 is 4.97. The molecule has 1 fully saturated rings. The molecule has 0 saturated carbocycles. The Balaban J connectivity index is 1.87. The van der Waals surface area contributed by atoms with E-state index in [1.807, 2.05) is 13.8 Å². The van der Waals surface area contributed by atoms with E-state index in [0.717, 1.165) is 5.56 Å². The Morgan fingerprint density at radius 3 is 2.26 bits per heavy atom. The number of anilines is 1. The normalized spacial score (nSPS) is 16.2. The summed E-state index contributed by atoms with van der Waals surface area (Å²) in [4.78, 5) is 75.1. The summed E-state index contributed by atoms with van der Waals surface area (Å²) in [5.74, 6) is -2.35. The van der Waals surface area contributed by atoms with Crippen LogP contribution in [0.5, 0.6) is 0 Å². The van der Waals surface area contributed by atoms with Crippen LogP contribution in [0.2, 0.25) is 0 Å². The molecular weight excluding hydrogens is 542 g/mol. The van der Waals surface area contributed by atoms with E-state index in [-0.39, 0.29) is 55.0 Å². The zero-order chi connectivity index (χ0) is 31.2. The van der Waals surface area contributed by atoms with Gasteiger partial charge in [0.25, 0.3) is 0 Å². The smallest absolute Gasteiger partial charge is 0.302 e. The zero-order valence-electron chi connectivity index (χ0n) is 25.1. The van der Waals surface area contributed by atoms with Gasteiger partial charge in [0.05, 0.1) is 0 Å². The minimum absolute atomic E-state index is 0.126. The molecule has 5 N–H and O–H groups in total. The highest BCUT2D eigenvalue weighted by atomic mass is 16.5. The number of nitrogens with one attached hydrogen (secondary N) is 3. The first kappa shape index (κ1) is 34.4. The number of benzene rings is 1. The number of nitrogens with two attached hydrogens (primary N) is 1. The minimum Gasteiger partial charge on any atom is -0.461 e. The van der Waals surface area contributed by atoms with Gasteiger partial charge in [-0.25, -0.2) is 0 Å². The summed E-state index contributed by atoms with van der Waals surface area (Å²) in [6.07, 6.45) is 3.08. The van der Waals surface area contributed by atoms with Crippen LogP contribution in [0.1, 0.15) is 78.2 Å². The van der Waals surface area contributed by atoms with Crippen LogP contribution in [0, 0.1) is 11.8 Å². The first-order valence-corrected chi connectivity index (χ1v) is 14.6. The predicted molar refractivity (Wildman–Crippen MR) is 156 cm³/mol. The summed E-state index contributed by atoms with van der Waals surface area (Å²) in [6.45, 7) is 7.50. The van der Waals surface area contributed by atoms with Gasteiger partial charge in [-0.3, -0.25) is 33.7 Å². The van der Waals surface area contributed by atoms with Gasteiger partial charge in [0, 0.05) is 37.9 Å². The lowest BCUT2D eigenvalue weighted by atomic mass is 10.0. The lowest BCUT2D eigenvalue weighted by Gasteiger charge is -2.25. The van der Waals surface area contributed by atoms with Crippen molar-refractivity contribution in [2.75, 3.05) is 18.4 Å². The third-order valence-electron chi connectivity index (χ3n) is 7.01. The lowest BCUT2D eigenvalue weighted by Crippen LogP contribution is -2.54. The summed E-state index contributed by atoms with van der Waals surface area (Å²) in [5.41, 5.74) is 6.93. The van der Waals surface area contributed by atoms with E-state index in [1.54, 1.807) is 31.2 Å². The van der Waals surface area contributed by atoms with E-state index >= 15 is 0 Å². The largest absolute Gasteiger partial charge is 0.461 e. The molecular formula is C30H45N5O7. The molecule has 0 bridgehead atoms. The standard InChI is InChI=1S/C30H45N5O7/c1-19(2)27(34-25(37)10-6-5-7-16-35-26(38)17-20(3)30(35)41)29(40)33-24(9-8-15-31)28(39)32-23-13-11-22(12-14-23)18-42-21(4)36/h11-14,19-20,24,27H,5-10,15-18,31H2,1-4H3,(H,32,39)(H,33,40)(H,34,37). The van der Waals surface area contributed by atoms with E-state index in [9.17, 15) is 28.8 Å². The number of amides is 5. The highest BCUT2D eigenvalue weighted by Gasteiger charge is 2.34. The zero-order valence-corrected chi connectivity index (χ0v) is 25.1. The van der Waals surface area contributed by atoms with Gasteiger partial charge in [-0.15, -0.1) is 0 Å². The fourth-order valence-electron chi connectivity index (χ4n) is 4.55. The Hall–Kier alpha value is -3.80. The molecule has 1 aliphatic rings. The van der Waals surface area contributed by atoms with E-state index in [1.165, 1.54) is 11.8 Å². The highest BCUT2D eigenvalue weighted by Crippen LogP contribution is 2.19. The third kappa shape index (κ3) is 11.2. The summed E-state index contributed by atoms with van der Waals surface area (Å²) in [6, 6.07) is 5.10. The van der Waals surface area contributed by atoms with Gasteiger partial charge < -0.3 is 26.4 Å². The maximum absolute atomic E-state index is 13.2. The van der Waals surface area contributed by atoms with Crippen LogP contribution in [0.25, 0.3) is 0 Å². The number of hydrogen-bond donors (Lipinski definition) is 4. The number of rotatable bonds is 17. The molecule has 1 aromatic carbocycles. The van der Waals surface area contributed by atoms with Crippen LogP contribution in [-0.2, 0) is 40.1 Å². The van der Waals surface area contributed by atoms with Gasteiger partial charge >= 0.3 is 5.97 Å². The number of esters is 1. The molecule has 12 heteroatoms. The van der Waals surface area contributed by atoms with Crippen molar-refractivity contribution in [3.63, 3.8) is 0 Å². The molecule has 3 atom stereocenters. The molecule has 232 valence electrons. The van der Waals surface area contributed by atoms with E-state index in [4.69, 9.17) is 10.5 Å². The molecule has 0 spiro atoms. The second kappa shape index (κ2) is 17.2. The van der Waals surface area contributed by atoms with Gasteiger partial charge in [0.2, 0.25) is 29.5 Å². The second-order valence-electron chi connectivity index (χ2n) is 11.0. The Bertz CT molecular complexity index is 1110. The number of nitrogens with zero attached hydrogens (tertiary/aromatic N) is 1. The van der Waals surface area contributed by atoms with Crippen LogP contribution >= 0.6 is 0 Å². The van der Waals surface area contributed by atoms with Gasteiger partial charge in [-0.1, -0.05) is 39.3 Å². The fraction of sp³-hybridized carbons (Fsp3) is 0.600. The van der Waals surface area contributed by atoms with Crippen molar-refractivity contribution in [1.82, 2.24) is 15.5 Å². The number of carbonyl (C=O) groups excluding carboxylic acids is 6. The number of hydrogen-bond acceptors (Lipinski definition) is 8. The van der Waals surface area contributed by atoms with Crippen LogP contribution in [0.3, 0.4) is 0 Å². The minimum atomic E-state index is -0.862. The number of carbonyl (C=O) groups is 6. The molecule has 3 unspecified atom stereocenters. The first-order valence-electron chi connectivity index (χ1n) is 14.6. The van der Waals surface area contributed by atoms with E-state index < -0.39 is 23.9 Å².